The van der Waals surface area contributed by atoms with Crippen molar-refractivity contribution in [1.82, 2.24) is 15.0 Å². The number of carbonyl (C=O) groups is 1. The number of aliphatic carboxylic acids is 1. The maximum atomic E-state index is 11.0. The molecule has 1 atom stereocenters. The summed E-state index contributed by atoms with van der Waals surface area (Å²) in [4.78, 5) is 17.4. The molecule has 0 spiro atoms. The lowest BCUT2D eigenvalue weighted by Crippen LogP contribution is -2.38. The van der Waals surface area contributed by atoms with E-state index in [4.69, 9.17) is 14.4 Å². The van der Waals surface area contributed by atoms with Gasteiger partial charge in [0, 0.05) is 30.8 Å². The fourth-order valence-electron chi connectivity index (χ4n) is 3.98. The number of aliphatic hydroxyl groups excluding tert-OH is 1. The molecular formula is C25H26N4O5. The number of benzene rings is 2. The van der Waals surface area contributed by atoms with Crippen molar-refractivity contribution < 1.29 is 24.3 Å². The molecule has 0 saturated heterocycles. The van der Waals surface area contributed by atoms with E-state index in [9.17, 15) is 15.2 Å². The standard InChI is InChI=1S/C25H26N4O5/c1-15(2)33-22-6-5-19(12-20(22)13-26)24-27-23(28-34-24)18-4-3-16-7-9-29(10-8-17(16)11-18)14-21(30)25(31)32/h3-6,11-12,15,21,30H,7-10,14H2,1-2H3,(H,31,32)/t21-/m1/s1. The molecule has 4 rings (SSSR count). The lowest BCUT2D eigenvalue weighted by Gasteiger charge is -2.20. The first-order valence-electron chi connectivity index (χ1n) is 11.1. The van der Waals surface area contributed by atoms with Crippen LogP contribution < -0.4 is 4.74 Å². The number of aromatic nitrogens is 2. The molecule has 1 aliphatic rings. The lowest BCUT2D eigenvalue weighted by molar-refractivity contribution is -0.147. The minimum absolute atomic E-state index is 0.0458. The Morgan fingerprint density at radius 3 is 2.62 bits per heavy atom. The zero-order valence-electron chi connectivity index (χ0n) is 19.1. The molecule has 0 saturated carbocycles. The summed E-state index contributed by atoms with van der Waals surface area (Å²) in [6.07, 6.45) is 0.0575. The van der Waals surface area contributed by atoms with Crippen molar-refractivity contribution in [3.05, 3.63) is 53.1 Å². The Morgan fingerprint density at radius 1 is 1.18 bits per heavy atom. The van der Waals surface area contributed by atoms with Crippen LogP contribution in [0.25, 0.3) is 22.8 Å². The molecule has 1 aromatic heterocycles. The number of carboxylic acids is 1. The van der Waals surface area contributed by atoms with E-state index in [1.807, 2.05) is 36.9 Å². The lowest BCUT2D eigenvalue weighted by atomic mass is 10.00. The highest BCUT2D eigenvalue weighted by molar-refractivity contribution is 5.72. The molecule has 9 heteroatoms. The Morgan fingerprint density at radius 2 is 1.91 bits per heavy atom. The van der Waals surface area contributed by atoms with Gasteiger partial charge in [-0.15, -0.1) is 0 Å². The third kappa shape index (κ3) is 5.25. The minimum Gasteiger partial charge on any atom is -0.490 e. The Bertz CT molecular complexity index is 1230. The Balaban J connectivity index is 1.52. The van der Waals surface area contributed by atoms with Crippen molar-refractivity contribution in [2.75, 3.05) is 19.6 Å². The normalized spacial score (nSPS) is 14.8. The summed E-state index contributed by atoms with van der Waals surface area (Å²) in [5.74, 6) is 0.0604. The number of hydrogen-bond donors (Lipinski definition) is 2. The fraction of sp³-hybridized carbons (Fsp3) is 0.360. The maximum Gasteiger partial charge on any atom is 0.333 e. The largest absolute Gasteiger partial charge is 0.490 e. The number of carboxylic acid groups (broad SMARTS) is 1. The molecule has 2 heterocycles. The summed E-state index contributed by atoms with van der Waals surface area (Å²) in [5.41, 5.74) is 4.16. The fourth-order valence-corrected chi connectivity index (χ4v) is 3.98. The van der Waals surface area contributed by atoms with E-state index in [2.05, 4.69) is 16.2 Å². The second-order valence-corrected chi connectivity index (χ2v) is 8.55. The van der Waals surface area contributed by atoms with Gasteiger partial charge in [0.25, 0.3) is 5.89 Å². The minimum atomic E-state index is -1.39. The van der Waals surface area contributed by atoms with Crippen LogP contribution in [0.2, 0.25) is 0 Å². The summed E-state index contributed by atoms with van der Waals surface area (Å²) in [6.45, 7) is 5.24. The summed E-state index contributed by atoms with van der Waals surface area (Å²) in [6, 6.07) is 13.3. The van der Waals surface area contributed by atoms with Crippen LogP contribution in [0, 0.1) is 11.3 Å². The van der Waals surface area contributed by atoms with Crippen molar-refractivity contribution in [2.24, 2.45) is 0 Å². The molecule has 9 nitrogen and oxygen atoms in total. The van der Waals surface area contributed by atoms with E-state index in [0.29, 0.717) is 41.7 Å². The van der Waals surface area contributed by atoms with Gasteiger partial charge in [0.15, 0.2) is 6.10 Å². The molecule has 2 N–H and O–H groups in total. The Labute approximate surface area is 197 Å². The molecule has 176 valence electrons. The molecule has 0 fully saturated rings. The van der Waals surface area contributed by atoms with E-state index >= 15 is 0 Å². The average Bonchev–Trinajstić information content (AvgIpc) is 3.22. The monoisotopic (exact) mass is 462 g/mol. The number of aliphatic hydroxyl groups is 1. The summed E-state index contributed by atoms with van der Waals surface area (Å²) >= 11 is 0. The van der Waals surface area contributed by atoms with Gasteiger partial charge in [0.2, 0.25) is 5.82 Å². The van der Waals surface area contributed by atoms with Crippen molar-refractivity contribution in [3.63, 3.8) is 0 Å². The van der Waals surface area contributed by atoms with Gasteiger partial charge in [0.05, 0.1) is 11.7 Å². The first kappa shape index (κ1) is 23.4. The number of fused-ring (bicyclic) bond motifs is 1. The molecule has 0 aliphatic carbocycles. The van der Waals surface area contributed by atoms with Crippen molar-refractivity contribution >= 4 is 5.97 Å². The van der Waals surface area contributed by atoms with Crippen LogP contribution in [-0.4, -0.2) is 63.1 Å². The summed E-state index contributed by atoms with van der Waals surface area (Å²) in [5, 5.41) is 32.2. The molecule has 34 heavy (non-hydrogen) atoms. The maximum absolute atomic E-state index is 11.0. The third-order valence-corrected chi connectivity index (χ3v) is 5.71. The predicted molar refractivity (Wildman–Crippen MR) is 123 cm³/mol. The van der Waals surface area contributed by atoms with Crippen molar-refractivity contribution in [2.45, 2.75) is 38.9 Å². The summed E-state index contributed by atoms with van der Waals surface area (Å²) < 4.78 is 11.1. The van der Waals surface area contributed by atoms with Crippen LogP contribution in [0.1, 0.15) is 30.5 Å². The van der Waals surface area contributed by atoms with Gasteiger partial charge in [-0.3, -0.25) is 4.90 Å². The Hall–Kier alpha value is -3.74. The van der Waals surface area contributed by atoms with Gasteiger partial charge in [-0.1, -0.05) is 17.3 Å². The third-order valence-electron chi connectivity index (χ3n) is 5.71. The highest BCUT2D eigenvalue weighted by Crippen LogP contribution is 2.29. The van der Waals surface area contributed by atoms with Crippen LogP contribution in [0.4, 0.5) is 0 Å². The first-order valence-corrected chi connectivity index (χ1v) is 11.1. The van der Waals surface area contributed by atoms with E-state index in [1.165, 1.54) is 5.56 Å². The number of nitriles is 1. The number of β-amino-alcohol motifs (C(OH)–C–C–N with tert-alkyl or cyclic N) is 1. The highest BCUT2D eigenvalue weighted by Gasteiger charge is 2.21. The van der Waals surface area contributed by atoms with Crippen LogP contribution in [0.15, 0.2) is 40.9 Å². The van der Waals surface area contributed by atoms with Gasteiger partial charge in [-0.05, 0) is 62.1 Å². The van der Waals surface area contributed by atoms with E-state index in [1.54, 1.807) is 18.2 Å². The van der Waals surface area contributed by atoms with Gasteiger partial charge >= 0.3 is 5.97 Å². The van der Waals surface area contributed by atoms with Gasteiger partial charge in [-0.2, -0.15) is 10.2 Å². The number of nitrogens with zero attached hydrogens (tertiary/aromatic N) is 4. The van der Waals surface area contributed by atoms with E-state index in [-0.39, 0.29) is 12.6 Å². The van der Waals surface area contributed by atoms with Gasteiger partial charge in [-0.25, -0.2) is 4.79 Å². The van der Waals surface area contributed by atoms with Crippen LogP contribution in [0.5, 0.6) is 5.75 Å². The zero-order valence-corrected chi connectivity index (χ0v) is 19.1. The van der Waals surface area contributed by atoms with E-state index < -0.39 is 12.1 Å². The van der Waals surface area contributed by atoms with Crippen LogP contribution in [-0.2, 0) is 17.6 Å². The molecule has 0 radical (unpaired) electrons. The molecule has 3 aromatic rings. The topological polar surface area (TPSA) is 133 Å². The second kappa shape index (κ2) is 10.0. The predicted octanol–water partition coefficient (Wildman–Crippen LogP) is 2.91. The molecule has 0 amide bonds. The first-order chi connectivity index (χ1) is 16.3. The molecular weight excluding hydrogens is 436 g/mol. The summed E-state index contributed by atoms with van der Waals surface area (Å²) in [7, 11) is 0. The zero-order chi connectivity index (χ0) is 24.2. The number of ether oxygens (including phenoxy) is 1. The van der Waals surface area contributed by atoms with Gasteiger partial charge in [0.1, 0.15) is 11.8 Å². The second-order valence-electron chi connectivity index (χ2n) is 8.55. The van der Waals surface area contributed by atoms with Crippen molar-refractivity contribution in [3.8, 4) is 34.7 Å². The number of rotatable bonds is 7. The van der Waals surface area contributed by atoms with Crippen LogP contribution in [0.3, 0.4) is 0 Å². The molecule has 2 aromatic carbocycles. The quantitative estimate of drug-likeness (QED) is 0.544. The van der Waals surface area contributed by atoms with Gasteiger partial charge < -0.3 is 19.5 Å². The van der Waals surface area contributed by atoms with E-state index in [0.717, 1.165) is 24.0 Å². The molecule has 1 aliphatic heterocycles. The van der Waals surface area contributed by atoms with Crippen LogP contribution >= 0.6 is 0 Å². The average molecular weight is 463 g/mol. The smallest absolute Gasteiger partial charge is 0.333 e. The molecule has 0 unspecified atom stereocenters. The highest BCUT2D eigenvalue weighted by atomic mass is 16.5. The molecule has 0 bridgehead atoms. The Kier molecular flexibility index (Phi) is 6.91. The SMILES string of the molecule is CC(C)Oc1ccc(-c2nc(-c3ccc4c(c3)CCN(C[C@@H](O)C(=O)O)CC4)no2)cc1C#N. The van der Waals surface area contributed by atoms with Crippen molar-refractivity contribution in [1.29, 1.82) is 5.26 Å². The number of hydrogen-bond acceptors (Lipinski definition) is 8.